The van der Waals surface area contributed by atoms with Gasteiger partial charge in [-0.15, -0.1) is 0 Å². The molecule has 0 aliphatic rings. The molecule has 1 rings (SSSR count). The van der Waals surface area contributed by atoms with E-state index in [1.807, 2.05) is 0 Å². The van der Waals surface area contributed by atoms with Gasteiger partial charge in [0.15, 0.2) is 0 Å². The Balaban J connectivity index is 2.72. The third-order valence-corrected chi connectivity index (χ3v) is 2.03. The van der Waals surface area contributed by atoms with Gasteiger partial charge in [0.2, 0.25) is 5.91 Å². The van der Waals surface area contributed by atoms with E-state index in [4.69, 9.17) is 0 Å². The molecule has 0 aliphatic heterocycles. The zero-order valence-corrected chi connectivity index (χ0v) is 8.35. The van der Waals surface area contributed by atoms with Crippen molar-refractivity contribution in [3.63, 3.8) is 0 Å². The highest BCUT2D eigenvalue weighted by atomic mass is 16.1. The lowest BCUT2D eigenvalue weighted by atomic mass is 10.1. The lowest BCUT2D eigenvalue weighted by Gasteiger charge is -2.06. The molecule has 0 radical (unpaired) electrons. The van der Waals surface area contributed by atoms with Crippen LogP contribution < -0.4 is 5.32 Å². The molecule has 1 aromatic rings. The summed E-state index contributed by atoms with van der Waals surface area (Å²) >= 11 is 0. The number of hydrogen-bond donors (Lipinski definition) is 1. The summed E-state index contributed by atoms with van der Waals surface area (Å²) in [6.45, 7) is 6.28. The Kier molecular flexibility index (Phi) is 3.07. The van der Waals surface area contributed by atoms with Crippen LogP contribution in [0.3, 0.4) is 0 Å². The number of hydrogen-bond acceptors (Lipinski definition) is 1. The molecule has 2 nitrogen and oxygen atoms in total. The second kappa shape index (κ2) is 4.08. The third kappa shape index (κ3) is 2.90. The van der Waals surface area contributed by atoms with E-state index in [9.17, 15) is 4.79 Å². The fraction of sp³-hybridized carbons (Fsp3) is 0.364. The van der Waals surface area contributed by atoms with Crippen molar-refractivity contribution in [2.75, 3.05) is 0 Å². The van der Waals surface area contributed by atoms with Gasteiger partial charge in [0.1, 0.15) is 0 Å². The summed E-state index contributed by atoms with van der Waals surface area (Å²) in [4.78, 5) is 10.7. The molecular weight excluding hydrogens is 162 g/mol. The topological polar surface area (TPSA) is 29.1 Å². The van der Waals surface area contributed by atoms with E-state index in [1.54, 1.807) is 0 Å². The van der Waals surface area contributed by atoms with Crippen LogP contribution >= 0.6 is 0 Å². The van der Waals surface area contributed by atoms with Crippen LogP contribution in [0.15, 0.2) is 18.2 Å². The van der Waals surface area contributed by atoms with Crippen LogP contribution in [0, 0.1) is 13.8 Å². The minimum atomic E-state index is 0.0139. The van der Waals surface area contributed by atoms with Crippen LogP contribution in [0.1, 0.15) is 23.6 Å². The summed E-state index contributed by atoms with van der Waals surface area (Å²) in [5.41, 5.74) is 3.67. The maximum Gasteiger partial charge on any atom is 0.217 e. The van der Waals surface area contributed by atoms with Crippen LogP contribution in [-0.2, 0) is 11.3 Å². The van der Waals surface area contributed by atoms with Crippen LogP contribution in [0.5, 0.6) is 0 Å². The largest absolute Gasteiger partial charge is 0.352 e. The van der Waals surface area contributed by atoms with E-state index < -0.39 is 0 Å². The first-order chi connectivity index (χ1) is 6.09. The number of aryl methyl sites for hydroxylation is 2. The molecule has 0 aromatic heterocycles. The van der Waals surface area contributed by atoms with Gasteiger partial charge in [0, 0.05) is 13.5 Å². The van der Waals surface area contributed by atoms with Gasteiger partial charge in [-0.3, -0.25) is 4.79 Å². The highest BCUT2D eigenvalue weighted by Crippen LogP contribution is 2.09. The molecule has 0 saturated heterocycles. The number of amides is 1. The fourth-order valence-corrected chi connectivity index (χ4v) is 1.26. The Bertz CT molecular complexity index is 318. The second-order valence-corrected chi connectivity index (χ2v) is 3.34. The van der Waals surface area contributed by atoms with E-state index in [2.05, 4.69) is 37.4 Å². The monoisotopic (exact) mass is 177 g/mol. The molecule has 0 aliphatic carbocycles. The lowest BCUT2D eigenvalue weighted by Crippen LogP contribution is -2.19. The Hall–Kier alpha value is -1.31. The normalized spacial score (nSPS) is 9.77. The van der Waals surface area contributed by atoms with Gasteiger partial charge >= 0.3 is 0 Å². The average Bonchev–Trinajstić information content (AvgIpc) is 2.02. The van der Waals surface area contributed by atoms with Crippen molar-refractivity contribution in [3.8, 4) is 0 Å². The number of benzene rings is 1. The molecule has 0 saturated carbocycles. The number of carbonyl (C=O) groups excluding carboxylic acids is 1. The summed E-state index contributed by atoms with van der Waals surface area (Å²) in [6, 6.07) is 6.24. The molecule has 0 fully saturated rings. The number of rotatable bonds is 2. The van der Waals surface area contributed by atoms with Crippen molar-refractivity contribution in [1.82, 2.24) is 5.32 Å². The minimum Gasteiger partial charge on any atom is -0.352 e. The van der Waals surface area contributed by atoms with E-state index in [-0.39, 0.29) is 5.91 Å². The van der Waals surface area contributed by atoms with Crippen LogP contribution in [0.2, 0.25) is 0 Å². The second-order valence-electron chi connectivity index (χ2n) is 3.34. The number of carbonyl (C=O) groups is 1. The molecule has 2 heteroatoms. The van der Waals surface area contributed by atoms with Gasteiger partial charge < -0.3 is 5.32 Å². The summed E-state index contributed by atoms with van der Waals surface area (Å²) in [7, 11) is 0. The standard InChI is InChI=1S/C11H15NO/c1-8-4-5-11(9(2)6-8)7-12-10(3)13/h4-6H,7H2,1-3H3,(H,12,13). The predicted molar refractivity (Wildman–Crippen MR) is 53.4 cm³/mol. The van der Waals surface area contributed by atoms with Gasteiger partial charge in [-0.25, -0.2) is 0 Å². The van der Waals surface area contributed by atoms with Gasteiger partial charge in [-0.05, 0) is 25.0 Å². The Labute approximate surface area is 79.0 Å². The molecule has 0 spiro atoms. The molecule has 1 N–H and O–H groups in total. The molecular formula is C11H15NO. The van der Waals surface area contributed by atoms with Crippen LogP contribution in [0.25, 0.3) is 0 Å². The summed E-state index contributed by atoms with van der Waals surface area (Å²) in [6.07, 6.45) is 0. The van der Waals surface area contributed by atoms with E-state index >= 15 is 0 Å². The van der Waals surface area contributed by atoms with Crippen molar-refractivity contribution in [2.24, 2.45) is 0 Å². The van der Waals surface area contributed by atoms with Crippen molar-refractivity contribution < 1.29 is 4.79 Å². The van der Waals surface area contributed by atoms with E-state index in [0.717, 1.165) is 0 Å². The zero-order chi connectivity index (χ0) is 9.84. The fourth-order valence-electron chi connectivity index (χ4n) is 1.26. The van der Waals surface area contributed by atoms with Gasteiger partial charge in [0.25, 0.3) is 0 Å². The summed E-state index contributed by atoms with van der Waals surface area (Å²) in [5, 5.41) is 2.78. The lowest BCUT2D eigenvalue weighted by molar-refractivity contribution is -0.119. The van der Waals surface area contributed by atoms with Crippen molar-refractivity contribution in [1.29, 1.82) is 0 Å². The first kappa shape index (κ1) is 9.78. The first-order valence-electron chi connectivity index (χ1n) is 4.40. The molecule has 1 amide bonds. The van der Waals surface area contributed by atoms with Gasteiger partial charge in [0.05, 0.1) is 0 Å². The van der Waals surface area contributed by atoms with Gasteiger partial charge in [-0.2, -0.15) is 0 Å². The quantitative estimate of drug-likeness (QED) is 0.735. The van der Waals surface area contributed by atoms with Crippen molar-refractivity contribution in [2.45, 2.75) is 27.3 Å². The number of nitrogens with one attached hydrogen (secondary N) is 1. The molecule has 0 heterocycles. The van der Waals surface area contributed by atoms with Gasteiger partial charge in [-0.1, -0.05) is 23.8 Å². The Morgan fingerprint density at radius 1 is 1.38 bits per heavy atom. The Morgan fingerprint density at radius 2 is 2.08 bits per heavy atom. The van der Waals surface area contributed by atoms with E-state index in [1.165, 1.54) is 23.6 Å². The molecule has 1 aromatic carbocycles. The highest BCUT2D eigenvalue weighted by molar-refractivity contribution is 5.72. The third-order valence-electron chi connectivity index (χ3n) is 2.03. The maximum atomic E-state index is 10.7. The molecule has 13 heavy (non-hydrogen) atoms. The van der Waals surface area contributed by atoms with Crippen LogP contribution in [0.4, 0.5) is 0 Å². The maximum absolute atomic E-state index is 10.7. The Morgan fingerprint density at radius 3 is 2.62 bits per heavy atom. The smallest absolute Gasteiger partial charge is 0.217 e. The summed E-state index contributed by atoms with van der Waals surface area (Å²) < 4.78 is 0. The van der Waals surface area contributed by atoms with Crippen LogP contribution in [-0.4, -0.2) is 5.91 Å². The van der Waals surface area contributed by atoms with E-state index in [0.29, 0.717) is 6.54 Å². The molecule has 70 valence electrons. The predicted octanol–water partition coefficient (Wildman–Crippen LogP) is 1.94. The van der Waals surface area contributed by atoms with Crippen molar-refractivity contribution >= 4 is 5.91 Å². The summed E-state index contributed by atoms with van der Waals surface area (Å²) in [5.74, 6) is 0.0139. The SMILES string of the molecule is CC(=O)NCc1ccc(C)cc1C. The molecule has 0 bridgehead atoms. The minimum absolute atomic E-state index is 0.0139. The van der Waals surface area contributed by atoms with Crippen molar-refractivity contribution in [3.05, 3.63) is 34.9 Å². The highest BCUT2D eigenvalue weighted by Gasteiger charge is 1.98. The first-order valence-corrected chi connectivity index (χ1v) is 4.40. The zero-order valence-electron chi connectivity index (χ0n) is 8.35. The molecule has 0 atom stereocenters. The average molecular weight is 177 g/mol. The molecule has 0 unspecified atom stereocenters.